The van der Waals surface area contributed by atoms with Gasteiger partial charge in [0.1, 0.15) is 0 Å². The molecule has 19 heavy (non-hydrogen) atoms. The minimum atomic E-state index is -0.639. The molecule has 3 nitrogen and oxygen atoms in total. The highest BCUT2D eigenvalue weighted by atomic mass is 16.4. The van der Waals surface area contributed by atoms with Crippen molar-refractivity contribution in [3.8, 4) is 0 Å². The maximum absolute atomic E-state index is 10.9. The molecule has 0 saturated carbocycles. The first-order valence-corrected chi connectivity index (χ1v) is 8.20. The summed E-state index contributed by atoms with van der Waals surface area (Å²) in [6.45, 7) is 4.45. The lowest BCUT2D eigenvalue weighted by Crippen LogP contribution is -2.34. The Morgan fingerprint density at radius 3 is 2.21 bits per heavy atom. The van der Waals surface area contributed by atoms with Crippen molar-refractivity contribution >= 4 is 5.97 Å². The third kappa shape index (κ3) is 7.56. The molecule has 0 bridgehead atoms. The number of hydrogen-bond acceptors (Lipinski definition) is 2. The molecule has 1 aliphatic heterocycles. The molecule has 0 spiro atoms. The summed E-state index contributed by atoms with van der Waals surface area (Å²) in [7, 11) is 0. The topological polar surface area (TPSA) is 40.5 Å². The van der Waals surface area contributed by atoms with E-state index in [0.29, 0.717) is 6.42 Å². The van der Waals surface area contributed by atoms with Gasteiger partial charge in [0, 0.05) is 6.04 Å². The van der Waals surface area contributed by atoms with E-state index >= 15 is 0 Å². The van der Waals surface area contributed by atoms with E-state index < -0.39 is 5.97 Å². The summed E-state index contributed by atoms with van der Waals surface area (Å²) in [6, 6.07) is 0.288. The number of hydrogen-bond donors (Lipinski definition) is 1. The van der Waals surface area contributed by atoms with E-state index in [0.717, 1.165) is 19.5 Å². The zero-order valence-electron chi connectivity index (χ0n) is 12.6. The first-order chi connectivity index (χ1) is 9.24. The number of carboxylic acid groups (broad SMARTS) is 1. The fraction of sp³-hybridized carbons (Fsp3) is 0.938. The molecule has 1 rings (SSSR count). The van der Waals surface area contributed by atoms with Crippen molar-refractivity contribution in [1.82, 2.24) is 4.90 Å². The Labute approximate surface area is 118 Å². The van der Waals surface area contributed by atoms with Gasteiger partial charge in [-0.2, -0.15) is 0 Å². The predicted octanol–water partition coefficient (Wildman–Crippen LogP) is 4.07. The second-order valence-electron chi connectivity index (χ2n) is 5.90. The molecule has 1 N–H and O–H groups in total. The molecule has 1 aliphatic rings. The second-order valence-corrected chi connectivity index (χ2v) is 5.90. The maximum atomic E-state index is 10.9. The predicted molar refractivity (Wildman–Crippen MR) is 79.5 cm³/mol. The summed E-state index contributed by atoms with van der Waals surface area (Å²) in [5.74, 6) is -0.639. The Balaban J connectivity index is 2.12. The Bertz CT molecular complexity index is 237. The van der Waals surface area contributed by atoms with E-state index in [9.17, 15) is 4.79 Å². The van der Waals surface area contributed by atoms with Crippen molar-refractivity contribution in [2.45, 2.75) is 83.6 Å². The number of likely N-dealkylation sites (tertiary alicyclic amines) is 1. The van der Waals surface area contributed by atoms with Gasteiger partial charge in [-0.15, -0.1) is 0 Å². The van der Waals surface area contributed by atoms with Gasteiger partial charge in [0.25, 0.3) is 0 Å². The second kappa shape index (κ2) is 10.2. The molecular weight excluding hydrogens is 238 g/mol. The zero-order valence-corrected chi connectivity index (χ0v) is 12.6. The molecule has 1 unspecified atom stereocenters. The van der Waals surface area contributed by atoms with Crippen LogP contribution < -0.4 is 0 Å². The van der Waals surface area contributed by atoms with E-state index in [2.05, 4.69) is 11.8 Å². The van der Waals surface area contributed by atoms with Crippen LogP contribution in [0.4, 0.5) is 0 Å². The average molecular weight is 269 g/mol. The largest absolute Gasteiger partial charge is 0.481 e. The van der Waals surface area contributed by atoms with Gasteiger partial charge in [0.15, 0.2) is 0 Å². The standard InChI is InChI=1S/C16H31NO2/c1-2-3-4-5-6-7-8-11-15(14-16(18)19)17-12-9-10-13-17/h15H,2-14H2,1H3,(H,18,19). The molecule has 1 heterocycles. The maximum Gasteiger partial charge on any atom is 0.304 e. The van der Waals surface area contributed by atoms with Gasteiger partial charge < -0.3 is 5.11 Å². The number of rotatable bonds is 11. The molecule has 1 saturated heterocycles. The van der Waals surface area contributed by atoms with Gasteiger partial charge in [-0.05, 0) is 32.4 Å². The summed E-state index contributed by atoms with van der Waals surface area (Å²) in [5, 5.41) is 9.02. The van der Waals surface area contributed by atoms with Crippen LogP contribution >= 0.6 is 0 Å². The highest BCUT2D eigenvalue weighted by molar-refractivity contribution is 5.67. The van der Waals surface area contributed by atoms with Gasteiger partial charge in [-0.1, -0.05) is 51.9 Å². The van der Waals surface area contributed by atoms with Crippen LogP contribution in [0.25, 0.3) is 0 Å². The lowest BCUT2D eigenvalue weighted by atomic mass is 10.0. The number of nitrogens with zero attached hydrogens (tertiary/aromatic N) is 1. The Kier molecular flexibility index (Phi) is 8.89. The highest BCUT2D eigenvalue weighted by Crippen LogP contribution is 2.20. The smallest absolute Gasteiger partial charge is 0.304 e. The third-order valence-electron chi connectivity index (χ3n) is 4.21. The van der Waals surface area contributed by atoms with Gasteiger partial charge >= 0.3 is 5.97 Å². The first-order valence-electron chi connectivity index (χ1n) is 8.20. The lowest BCUT2D eigenvalue weighted by Gasteiger charge is -2.26. The van der Waals surface area contributed by atoms with E-state index in [4.69, 9.17) is 5.11 Å². The first kappa shape index (κ1) is 16.5. The minimum Gasteiger partial charge on any atom is -0.481 e. The van der Waals surface area contributed by atoms with Crippen molar-refractivity contribution in [3.63, 3.8) is 0 Å². The van der Waals surface area contributed by atoms with Gasteiger partial charge in [0.2, 0.25) is 0 Å². The van der Waals surface area contributed by atoms with Crippen LogP contribution in [0, 0.1) is 0 Å². The Morgan fingerprint density at radius 1 is 1.05 bits per heavy atom. The number of carboxylic acids is 1. The fourth-order valence-electron chi connectivity index (χ4n) is 3.06. The molecule has 3 heteroatoms. The summed E-state index contributed by atoms with van der Waals surface area (Å²) in [6.07, 6.45) is 13.0. The molecule has 0 amide bonds. The zero-order chi connectivity index (χ0) is 13.9. The molecule has 0 aromatic carbocycles. The van der Waals surface area contributed by atoms with Crippen molar-refractivity contribution in [1.29, 1.82) is 0 Å². The molecule has 0 aliphatic carbocycles. The summed E-state index contributed by atoms with van der Waals surface area (Å²) < 4.78 is 0. The van der Waals surface area contributed by atoms with Crippen LogP contribution in [0.2, 0.25) is 0 Å². The molecule has 0 radical (unpaired) electrons. The summed E-state index contributed by atoms with van der Waals surface area (Å²) in [4.78, 5) is 13.3. The third-order valence-corrected chi connectivity index (χ3v) is 4.21. The van der Waals surface area contributed by atoms with Crippen LogP contribution in [-0.4, -0.2) is 35.1 Å². The van der Waals surface area contributed by atoms with Crippen LogP contribution in [0.1, 0.15) is 77.6 Å². The van der Waals surface area contributed by atoms with Gasteiger partial charge in [-0.3, -0.25) is 9.69 Å². The lowest BCUT2D eigenvalue weighted by molar-refractivity contribution is -0.138. The Hall–Kier alpha value is -0.570. The summed E-state index contributed by atoms with van der Waals surface area (Å²) >= 11 is 0. The van der Waals surface area contributed by atoms with Crippen LogP contribution in [-0.2, 0) is 4.79 Å². The van der Waals surface area contributed by atoms with E-state index in [1.807, 2.05) is 0 Å². The molecule has 1 atom stereocenters. The quantitative estimate of drug-likeness (QED) is 0.575. The normalized spacial score (nSPS) is 17.7. The Morgan fingerprint density at radius 2 is 1.63 bits per heavy atom. The highest BCUT2D eigenvalue weighted by Gasteiger charge is 2.23. The van der Waals surface area contributed by atoms with E-state index in [-0.39, 0.29) is 6.04 Å². The van der Waals surface area contributed by atoms with E-state index in [1.54, 1.807) is 0 Å². The number of aliphatic carboxylic acids is 1. The van der Waals surface area contributed by atoms with Crippen molar-refractivity contribution in [3.05, 3.63) is 0 Å². The van der Waals surface area contributed by atoms with Gasteiger partial charge in [0.05, 0.1) is 6.42 Å². The number of carbonyl (C=O) groups is 1. The molecule has 0 aromatic rings. The molecule has 112 valence electrons. The van der Waals surface area contributed by atoms with Crippen LogP contribution in [0.15, 0.2) is 0 Å². The van der Waals surface area contributed by atoms with Gasteiger partial charge in [-0.25, -0.2) is 0 Å². The number of unbranched alkanes of at least 4 members (excludes halogenated alkanes) is 6. The SMILES string of the molecule is CCCCCCCCCC(CC(=O)O)N1CCCC1. The van der Waals surface area contributed by atoms with E-state index in [1.165, 1.54) is 57.8 Å². The average Bonchev–Trinajstić information content (AvgIpc) is 2.89. The fourth-order valence-corrected chi connectivity index (χ4v) is 3.06. The molecular formula is C16H31NO2. The van der Waals surface area contributed by atoms with Crippen molar-refractivity contribution < 1.29 is 9.90 Å². The minimum absolute atomic E-state index is 0.288. The summed E-state index contributed by atoms with van der Waals surface area (Å²) in [5.41, 5.74) is 0. The molecule has 0 aromatic heterocycles. The van der Waals surface area contributed by atoms with Crippen LogP contribution in [0.5, 0.6) is 0 Å². The van der Waals surface area contributed by atoms with Crippen molar-refractivity contribution in [2.75, 3.05) is 13.1 Å². The van der Waals surface area contributed by atoms with Crippen molar-refractivity contribution in [2.24, 2.45) is 0 Å². The van der Waals surface area contributed by atoms with Crippen LogP contribution in [0.3, 0.4) is 0 Å². The monoisotopic (exact) mass is 269 g/mol. The molecule has 1 fully saturated rings.